The molecule has 46 valence electrons. The van der Waals surface area contributed by atoms with Crippen molar-refractivity contribution < 1.29 is 4.79 Å². The fourth-order valence-electron chi connectivity index (χ4n) is 0.702. The van der Waals surface area contributed by atoms with Crippen LogP contribution in [0.2, 0.25) is 0 Å². The molecule has 1 aliphatic carbocycles. The van der Waals surface area contributed by atoms with Crippen molar-refractivity contribution in [2.45, 2.75) is 12.5 Å². The Balaban J connectivity index is 2.28. The number of amides is 1. The fourth-order valence-corrected chi connectivity index (χ4v) is 0.702. The van der Waals surface area contributed by atoms with Crippen LogP contribution in [0, 0.1) is 5.92 Å². The summed E-state index contributed by atoms with van der Waals surface area (Å²) in [6, 6.07) is 0.134. The van der Waals surface area contributed by atoms with Gasteiger partial charge in [-0.3, -0.25) is 4.79 Å². The summed E-state index contributed by atoms with van der Waals surface area (Å²) in [5.74, 6) is 0.192. The molecule has 0 spiro atoms. The summed E-state index contributed by atoms with van der Waals surface area (Å²) in [5, 5.41) is 2.54. The molecular formula is C5H10N2O. The van der Waals surface area contributed by atoms with E-state index in [1.165, 1.54) is 0 Å². The third-order valence-electron chi connectivity index (χ3n) is 1.42. The first kappa shape index (κ1) is 5.56. The molecule has 8 heavy (non-hydrogen) atoms. The fraction of sp³-hybridized carbons (Fsp3) is 0.800. The van der Waals surface area contributed by atoms with E-state index in [0.29, 0.717) is 0 Å². The van der Waals surface area contributed by atoms with E-state index in [2.05, 4.69) is 5.32 Å². The first-order valence-electron chi connectivity index (χ1n) is 2.73. The summed E-state index contributed by atoms with van der Waals surface area (Å²) in [7, 11) is 1.63. The molecule has 1 fully saturated rings. The lowest BCUT2D eigenvalue weighted by atomic mass is 10.4. The number of carbonyl (C=O) groups is 1. The van der Waals surface area contributed by atoms with Crippen LogP contribution in [0.3, 0.4) is 0 Å². The second-order valence-corrected chi connectivity index (χ2v) is 2.12. The van der Waals surface area contributed by atoms with Crippen molar-refractivity contribution in [2.75, 3.05) is 7.05 Å². The molecule has 0 aromatic carbocycles. The minimum absolute atomic E-state index is 0.0810. The number of carbonyl (C=O) groups excluding carboxylic acids is 1. The van der Waals surface area contributed by atoms with E-state index in [1.54, 1.807) is 7.05 Å². The highest BCUT2D eigenvalue weighted by atomic mass is 16.2. The number of nitrogens with two attached hydrogens (primary N) is 1. The summed E-state index contributed by atoms with van der Waals surface area (Å²) in [6.45, 7) is 0. The molecule has 3 nitrogen and oxygen atoms in total. The lowest BCUT2D eigenvalue weighted by Gasteiger charge is -1.91. The second kappa shape index (κ2) is 1.74. The zero-order valence-electron chi connectivity index (χ0n) is 4.85. The summed E-state index contributed by atoms with van der Waals surface area (Å²) in [5.41, 5.74) is 5.38. The molecule has 0 heterocycles. The molecule has 0 bridgehead atoms. The number of hydrogen-bond acceptors (Lipinski definition) is 2. The van der Waals surface area contributed by atoms with Crippen LogP contribution in [-0.2, 0) is 4.79 Å². The Kier molecular flexibility index (Phi) is 1.21. The van der Waals surface area contributed by atoms with Crippen molar-refractivity contribution in [3.8, 4) is 0 Å². The van der Waals surface area contributed by atoms with E-state index in [0.717, 1.165) is 6.42 Å². The molecule has 1 amide bonds. The van der Waals surface area contributed by atoms with Gasteiger partial charge in [0.2, 0.25) is 5.91 Å². The molecule has 0 radical (unpaired) electrons. The first-order valence-corrected chi connectivity index (χ1v) is 2.73. The van der Waals surface area contributed by atoms with Crippen LogP contribution in [0.5, 0.6) is 0 Å². The average molecular weight is 114 g/mol. The van der Waals surface area contributed by atoms with Crippen LogP contribution in [0.1, 0.15) is 6.42 Å². The number of rotatable bonds is 1. The molecule has 2 atom stereocenters. The van der Waals surface area contributed by atoms with E-state index >= 15 is 0 Å². The van der Waals surface area contributed by atoms with Gasteiger partial charge in [-0.2, -0.15) is 0 Å². The molecule has 3 heteroatoms. The van der Waals surface area contributed by atoms with Gasteiger partial charge < -0.3 is 11.1 Å². The van der Waals surface area contributed by atoms with Crippen LogP contribution >= 0.6 is 0 Å². The van der Waals surface area contributed by atoms with E-state index < -0.39 is 0 Å². The Morgan fingerprint density at radius 3 is 2.50 bits per heavy atom. The summed E-state index contributed by atoms with van der Waals surface area (Å²) in [4.78, 5) is 10.6. The lowest BCUT2D eigenvalue weighted by Crippen LogP contribution is -2.23. The molecule has 3 N–H and O–H groups in total. The summed E-state index contributed by atoms with van der Waals surface area (Å²) in [6.07, 6.45) is 0.861. The van der Waals surface area contributed by atoms with Crippen LogP contribution in [0.25, 0.3) is 0 Å². The topological polar surface area (TPSA) is 55.1 Å². The average Bonchev–Trinajstić information content (AvgIpc) is 2.45. The van der Waals surface area contributed by atoms with Gasteiger partial charge >= 0.3 is 0 Å². The van der Waals surface area contributed by atoms with Gasteiger partial charge in [-0.15, -0.1) is 0 Å². The molecule has 0 aromatic heterocycles. The van der Waals surface area contributed by atoms with E-state index in [4.69, 9.17) is 5.73 Å². The van der Waals surface area contributed by atoms with Gasteiger partial charge in [0.15, 0.2) is 0 Å². The maximum Gasteiger partial charge on any atom is 0.224 e. The van der Waals surface area contributed by atoms with Crippen molar-refractivity contribution >= 4 is 5.91 Å². The molecule has 2 unspecified atom stereocenters. The zero-order chi connectivity index (χ0) is 6.15. The monoisotopic (exact) mass is 114 g/mol. The third-order valence-corrected chi connectivity index (χ3v) is 1.42. The Morgan fingerprint density at radius 1 is 1.88 bits per heavy atom. The quantitative estimate of drug-likeness (QED) is 0.463. The van der Waals surface area contributed by atoms with E-state index in [1.807, 2.05) is 0 Å². The standard InChI is InChI=1S/C5H10N2O/c1-7-5(8)3-2-4(3)6/h3-4H,2,6H2,1H3,(H,7,8). The smallest absolute Gasteiger partial charge is 0.224 e. The number of nitrogens with one attached hydrogen (secondary N) is 1. The van der Waals surface area contributed by atoms with Crippen LogP contribution in [0.15, 0.2) is 0 Å². The molecule has 0 aliphatic heterocycles. The van der Waals surface area contributed by atoms with Crippen LogP contribution in [-0.4, -0.2) is 19.0 Å². The molecule has 1 saturated carbocycles. The summed E-state index contributed by atoms with van der Waals surface area (Å²) < 4.78 is 0. The minimum Gasteiger partial charge on any atom is -0.359 e. The summed E-state index contributed by atoms with van der Waals surface area (Å²) >= 11 is 0. The Bertz CT molecular complexity index is 113. The molecule has 1 aliphatic rings. The highest BCUT2D eigenvalue weighted by Crippen LogP contribution is 2.27. The van der Waals surface area contributed by atoms with Crippen LogP contribution in [0.4, 0.5) is 0 Å². The SMILES string of the molecule is CNC(=O)C1CC1N. The molecular weight excluding hydrogens is 104 g/mol. The van der Waals surface area contributed by atoms with Gasteiger partial charge in [0.05, 0.1) is 5.92 Å². The largest absolute Gasteiger partial charge is 0.359 e. The third kappa shape index (κ3) is 0.816. The van der Waals surface area contributed by atoms with Gasteiger partial charge in [0, 0.05) is 13.1 Å². The van der Waals surface area contributed by atoms with Gasteiger partial charge in [0.1, 0.15) is 0 Å². The Hall–Kier alpha value is -0.570. The molecule has 0 saturated heterocycles. The highest BCUT2D eigenvalue weighted by molar-refractivity contribution is 5.81. The lowest BCUT2D eigenvalue weighted by molar-refractivity contribution is -0.121. The highest BCUT2D eigenvalue weighted by Gasteiger charge is 2.39. The predicted molar refractivity (Wildman–Crippen MR) is 30.1 cm³/mol. The Morgan fingerprint density at radius 2 is 2.38 bits per heavy atom. The van der Waals surface area contributed by atoms with Gasteiger partial charge in [-0.25, -0.2) is 0 Å². The van der Waals surface area contributed by atoms with Crippen molar-refractivity contribution in [1.82, 2.24) is 5.32 Å². The molecule has 0 aromatic rings. The van der Waals surface area contributed by atoms with Crippen molar-refractivity contribution in [2.24, 2.45) is 11.7 Å². The van der Waals surface area contributed by atoms with Gasteiger partial charge in [-0.05, 0) is 6.42 Å². The first-order chi connectivity index (χ1) is 3.75. The van der Waals surface area contributed by atoms with E-state index in [-0.39, 0.29) is 17.9 Å². The van der Waals surface area contributed by atoms with Gasteiger partial charge in [0.25, 0.3) is 0 Å². The minimum atomic E-state index is 0.0810. The predicted octanol–water partition coefficient (Wildman–Crippen LogP) is -0.920. The van der Waals surface area contributed by atoms with Crippen molar-refractivity contribution in [1.29, 1.82) is 0 Å². The molecule has 1 rings (SSSR count). The van der Waals surface area contributed by atoms with Crippen LogP contribution < -0.4 is 11.1 Å². The maximum absolute atomic E-state index is 10.6. The van der Waals surface area contributed by atoms with Crippen molar-refractivity contribution in [3.05, 3.63) is 0 Å². The second-order valence-electron chi connectivity index (χ2n) is 2.12. The van der Waals surface area contributed by atoms with Gasteiger partial charge in [-0.1, -0.05) is 0 Å². The normalized spacial score (nSPS) is 34.2. The maximum atomic E-state index is 10.6. The van der Waals surface area contributed by atoms with Crippen molar-refractivity contribution in [3.63, 3.8) is 0 Å². The number of hydrogen-bond donors (Lipinski definition) is 2. The zero-order valence-corrected chi connectivity index (χ0v) is 4.85. The van der Waals surface area contributed by atoms with E-state index in [9.17, 15) is 4.79 Å². The Labute approximate surface area is 48.2 Å².